The van der Waals surface area contributed by atoms with E-state index in [0.29, 0.717) is 11.8 Å². The summed E-state index contributed by atoms with van der Waals surface area (Å²) in [6.07, 6.45) is 1.26. The zero-order valence-corrected chi connectivity index (χ0v) is 9.86. The van der Waals surface area contributed by atoms with E-state index in [4.69, 9.17) is 4.98 Å². The fourth-order valence-electron chi connectivity index (χ4n) is 2.33. The van der Waals surface area contributed by atoms with Crippen molar-refractivity contribution in [3.05, 3.63) is 15.6 Å². The topological polar surface area (TPSA) is 37.0 Å². The lowest BCUT2D eigenvalue weighted by Crippen LogP contribution is -2.39. The Morgan fingerprint density at radius 1 is 1.20 bits per heavy atom. The molecule has 0 aromatic carbocycles. The molecule has 2 aliphatic rings. The van der Waals surface area contributed by atoms with Gasteiger partial charge in [-0.05, 0) is 19.9 Å². The highest BCUT2D eigenvalue weighted by Crippen LogP contribution is 2.32. The van der Waals surface area contributed by atoms with Gasteiger partial charge >= 0.3 is 0 Å². The zero-order valence-electron chi connectivity index (χ0n) is 9.05. The van der Waals surface area contributed by atoms with E-state index in [9.17, 15) is 0 Å². The quantitative estimate of drug-likeness (QED) is 0.791. The first kappa shape index (κ1) is 9.75. The molecule has 0 bridgehead atoms. The second kappa shape index (κ2) is 3.85. The molecule has 2 saturated heterocycles. The molecule has 0 amide bonds. The molecule has 3 nitrogen and oxygen atoms in total. The predicted molar refractivity (Wildman–Crippen MR) is 62.7 cm³/mol. The van der Waals surface area contributed by atoms with Gasteiger partial charge in [-0.15, -0.1) is 11.3 Å². The molecule has 1 aromatic rings. The van der Waals surface area contributed by atoms with Crippen molar-refractivity contribution in [3.8, 4) is 0 Å². The maximum absolute atomic E-state index is 4.85. The molecule has 1 atom stereocenters. The molecule has 2 aliphatic heterocycles. The molecule has 15 heavy (non-hydrogen) atoms. The summed E-state index contributed by atoms with van der Waals surface area (Å²) in [7, 11) is 0. The van der Waals surface area contributed by atoms with Crippen molar-refractivity contribution in [2.24, 2.45) is 0 Å². The summed E-state index contributed by atoms with van der Waals surface area (Å²) in [6.45, 7) is 6.74. The van der Waals surface area contributed by atoms with Gasteiger partial charge in [-0.1, -0.05) is 0 Å². The van der Waals surface area contributed by atoms with Crippen LogP contribution in [0.4, 0.5) is 0 Å². The van der Waals surface area contributed by atoms with Crippen molar-refractivity contribution in [3.63, 3.8) is 0 Å². The minimum atomic E-state index is 0.669. The number of nitrogens with one attached hydrogen (secondary N) is 2. The molecule has 1 aromatic heterocycles. The van der Waals surface area contributed by atoms with Gasteiger partial charge in [0.1, 0.15) is 0 Å². The third kappa shape index (κ3) is 1.71. The van der Waals surface area contributed by atoms with Gasteiger partial charge < -0.3 is 10.6 Å². The Morgan fingerprint density at radius 2 is 2.00 bits per heavy atom. The Morgan fingerprint density at radius 3 is 2.60 bits per heavy atom. The van der Waals surface area contributed by atoms with E-state index in [-0.39, 0.29) is 0 Å². The van der Waals surface area contributed by atoms with Crippen LogP contribution >= 0.6 is 11.3 Å². The summed E-state index contributed by atoms with van der Waals surface area (Å²) < 4.78 is 0. The molecule has 0 aliphatic carbocycles. The van der Waals surface area contributed by atoms with Crippen LogP contribution in [0.5, 0.6) is 0 Å². The highest BCUT2D eigenvalue weighted by molar-refractivity contribution is 7.11. The molecule has 3 rings (SSSR count). The van der Waals surface area contributed by atoms with Crippen LogP contribution in [0.2, 0.25) is 0 Å². The lowest BCUT2D eigenvalue weighted by Gasteiger charge is -2.24. The summed E-state index contributed by atoms with van der Waals surface area (Å²) in [5, 5.41) is 8.08. The van der Waals surface area contributed by atoms with Gasteiger partial charge in [0.2, 0.25) is 0 Å². The van der Waals surface area contributed by atoms with Crippen molar-refractivity contribution in [2.45, 2.75) is 25.2 Å². The van der Waals surface area contributed by atoms with Crippen molar-refractivity contribution >= 4 is 11.3 Å². The first-order valence-corrected chi connectivity index (χ1v) is 6.55. The number of hydrogen-bond acceptors (Lipinski definition) is 4. The van der Waals surface area contributed by atoms with Gasteiger partial charge in [-0.2, -0.15) is 0 Å². The summed E-state index contributed by atoms with van der Waals surface area (Å²) in [5.74, 6) is 1.36. The predicted octanol–water partition coefficient (Wildman–Crippen LogP) is 1.22. The normalized spacial score (nSPS) is 26.9. The van der Waals surface area contributed by atoms with E-state index < -0.39 is 0 Å². The minimum Gasteiger partial charge on any atom is -0.316 e. The largest absolute Gasteiger partial charge is 0.316 e. The molecule has 1 unspecified atom stereocenters. The van der Waals surface area contributed by atoms with Crippen LogP contribution in [0.1, 0.15) is 33.8 Å². The Kier molecular flexibility index (Phi) is 2.50. The summed E-state index contributed by atoms with van der Waals surface area (Å²) in [4.78, 5) is 6.29. The first-order valence-electron chi connectivity index (χ1n) is 5.73. The molecule has 82 valence electrons. The number of nitrogens with zero attached hydrogens (tertiary/aromatic N) is 1. The smallest absolute Gasteiger partial charge is 0.0987 e. The second-order valence-electron chi connectivity index (χ2n) is 4.54. The Bertz CT molecular complexity index is 351. The van der Waals surface area contributed by atoms with Gasteiger partial charge in [0.25, 0.3) is 0 Å². The van der Waals surface area contributed by atoms with E-state index >= 15 is 0 Å². The highest BCUT2D eigenvalue weighted by atomic mass is 32.1. The number of rotatable bonds is 2. The molecule has 2 N–H and O–H groups in total. The van der Waals surface area contributed by atoms with E-state index in [2.05, 4.69) is 17.6 Å². The standard InChI is InChI=1S/C11H17N3S/c1-7-10(8-2-3-12-4-8)14-11(15-7)9-5-13-6-9/h8-9,12-13H,2-6H2,1H3. The van der Waals surface area contributed by atoms with Crippen LogP contribution in [0.15, 0.2) is 0 Å². The maximum Gasteiger partial charge on any atom is 0.0987 e. The molecule has 3 heterocycles. The van der Waals surface area contributed by atoms with Gasteiger partial charge in [0, 0.05) is 36.3 Å². The van der Waals surface area contributed by atoms with E-state index in [1.165, 1.54) is 22.0 Å². The van der Waals surface area contributed by atoms with E-state index in [1.807, 2.05) is 11.3 Å². The van der Waals surface area contributed by atoms with Gasteiger partial charge in [0.15, 0.2) is 0 Å². The lowest BCUT2D eigenvalue weighted by molar-refractivity contribution is 0.445. The second-order valence-corrected chi connectivity index (χ2v) is 5.77. The van der Waals surface area contributed by atoms with Crippen molar-refractivity contribution in [2.75, 3.05) is 26.2 Å². The molecule has 2 fully saturated rings. The number of aryl methyl sites for hydroxylation is 1. The van der Waals surface area contributed by atoms with Gasteiger partial charge in [-0.25, -0.2) is 4.98 Å². The van der Waals surface area contributed by atoms with Crippen LogP contribution in [0.25, 0.3) is 0 Å². The summed E-state index contributed by atoms with van der Waals surface area (Å²) >= 11 is 1.91. The van der Waals surface area contributed by atoms with Crippen LogP contribution < -0.4 is 10.6 Å². The average Bonchev–Trinajstić information content (AvgIpc) is 2.70. The number of aromatic nitrogens is 1. The SMILES string of the molecule is Cc1sc(C2CNC2)nc1C1CCNC1. The van der Waals surface area contributed by atoms with Crippen LogP contribution in [0, 0.1) is 6.92 Å². The van der Waals surface area contributed by atoms with Gasteiger partial charge in [0.05, 0.1) is 10.7 Å². The Hall–Kier alpha value is -0.450. The van der Waals surface area contributed by atoms with Crippen molar-refractivity contribution in [1.29, 1.82) is 0 Å². The zero-order chi connectivity index (χ0) is 10.3. The average molecular weight is 223 g/mol. The number of hydrogen-bond donors (Lipinski definition) is 2. The van der Waals surface area contributed by atoms with Crippen molar-refractivity contribution in [1.82, 2.24) is 15.6 Å². The third-order valence-electron chi connectivity index (χ3n) is 3.43. The van der Waals surface area contributed by atoms with E-state index in [1.54, 1.807) is 0 Å². The van der Waals surface area contributed by atoms with Crippen molar-refractivity contribution < 1.29 is 0 Å². The highest BCUT2D eigenvalue weighted by Gasteiger charge is 2.27. The summed E-state index contributed by atoms with van der Waals surface area (Å²) in [6, 6.07) is 0. The molecular formula is C11H17N3S. The van der Waals surface area contributed by atoms with Gasteiger partial charge in [-0.3, -0.25) is 0 Å². The molecular weight excluding hydrogens is 206 g/mol. The fraction of sp³-hybridized carbons (Fsp3) is 0.727. The fourth-order valence-corrected chi connectivity index (χ4v) is 3.44. The molecule has 0 saturated carbocycles. The van der Waals surface area contributed by atoms with Crippen LogP contribution in [0.3, 0.4) is 0 Å². The summed E-state index contributed by atoms with van der Waals surface area (Å²) in [5.41, 5.74) is 1.37. The van der Waals surface area contributed by atoms with Crippen LogP contribution in [-0.2, 0) is 0 Å². The Labute approximate surface area is 94.3 Å². The van der Waals surface area contributed by atoms with Crippen LogP contribution in [-0.4, -0.2) is 31.2 Å². The molecule has 0 spiro atoms. The minimum absolute atomic E-state index is 0.669. The molecule has 4 heteroatoms. The first-order chi connectivity index (χ1) is 7.34. The third-order valence-corrected chi connectivity index (χ3v) is 4.58. The monoisotopic (exact) mass is 223 g/mol. The maximum atomic E-state index is 4.85. The molecule has 0 radical (unpaired) electrons. The number of thiazole rings is 1. The lowest BCUT2D eigenvalue weighted by atomic mass is 10.0. The van der Waals surface area contributed by atoms with E-state index in [0.717, 1.165) is 26.2 Å². The Balaban J connectivity index is 1.84.